The normalized spacial score (nSPS) is 25.1. The summed E-state index contributed by atoms with van der Waals surface area (Å²) >= 11 is 0. The number of carbonyl (C=O) groups excluding carboxylic acids is 2. The van der Waals surface area contributed by atoms with E-state index in [0.29, 0.717) is 17.7 Å². The van der Waals surface area contributed by atoms with Crippen molar-refractivity contribution in [3.8, 4) is 5.75 Å². The maximum atomic E-state index is 13.4. The third-order valence-electron chi connectivity index (χ3n) is 5.82. The van der Waals surface area contributed by atoms with Crippen LogP contribution in [0, 0.1) is 5.92 Å². The van der Waals surface area contributed by atoms with Crippen LogP contribution in [0.15, 0.2) is 54.6 Å². The van der Waals surface area contributed by atoms with Crippen molar-refractivity contribution < 1.29 is 29.3 Å². The molecular weight excluding hydrogens is 400 g/mol. The zero-order chi connectivity index (χ0) is 22.0. The molecule has 2 aliphatic rings. The Bertz CT molecular complexity index is 979. The van der Waals surface area contributed by atoms with Gasteiger partial charge in [0.15, 0.2) is 0 Å². The van der Waals surface area contributed by atoms with Crippen molar-refractivity contribution in [3.63, 3.8) is 0 Å². The molecule has 0 aromatic heterocycles. The second-order valence-electron chi connectivity index (χ2n) is 7.78. The lowest BCUT2D eigenvalue weighted by atomic mass is 9.93. The fraction of sp³-hybridized carbons (Fsp3) is 0.348. The van der Waals surface area contributed by atoms with Crippen molar-refractivity contribution >= 4 is 17.8 Å². The fourth-order valence-electron chi connectivity index (χ4n) is 4.47. The van der Waals surface area contributed by atoms with Crippen LogP contribution >= 0.6 is 0 Å². The molecule has 0 radical (unpaired) electrons. The van der Waals surface area contributed by atoms with Gasteiger partial charge in [0.05, 0.1) is 18.6 Å². The molecule has 2 fully saturated rings. The predicted molar refractivity (Wildman–Crippen MR) is 110 cm³/mol. The molecule has 0 bridgehead atoms. The van der Waals surface area contributed by atoms with Gasteiger partial charge in [0.2, 0.25) is 11.8 Å². The summed E-state index contributed by atoms with van der Waals surface area (Å²) in [5.74, 6) is -2.12. The Labute approximate surface area is 179 Å². The molecule has 0 saturated carbocycles. The molecule has 3 N–H and O–H groups in total. The first-order chi connectivity index (χ1) is 15.0. The molecule has 8 nitrogen and oxygen atoms in total. The summed E-state index contributed by atoms with van der Waals surface area (Å²) in [6.07, 6.45) is 0.385. The summed E-state index contributed by atoms with van der Waals surface area (Å²) in [4.78, 5) is 39.7. The molecule has 2 amide bonds. The maximum Gasteiger partial charge on any atom is 0.309 e. The van der Waals surface area contributed by atoms with Crippen molar-refractivity contribution in [1.82, 2.24) is 10.2 Å². The van der Waals surface area contributed by atoms with Crippen molar-refractivity contribution in [1.29, 1.82) is 0 Å². The van der Waals surface area contributed by atoms with Gasteiger partial charge in [-0.2, -0.15) is 0 Å². The predicted octanol–water partition coefficient (Wildman–Crippen LogP) is 1.14. The zero-order valence-corrected chi connectivity index (χ0v) is 16.8. The van der Waals surface area contributed by atoms with Crippen LogP contribution in [0.5, 0.6) is 5.75 Å². The summed E-state index contributed by atoms with van der Waals surface area (Å²) in [6.45, 7) is -0.0528. The van der Waals surface area contributed by atoms with Crippen molar-refractivity contribution in [2.24, 2.45) is 5.92 Å². The topological polar surface area (TPSA) is 116 Å². The SMILES string of the molecule is O=C1N[C@@H](Cc2ccccc2)C(=O)N2[C@@H]1C[C@@H](C(=O)O)[C@H]2c1cccc(OCCO)c1. The highest BCUT2D eigenvalue weighted by molar-refractivity contribution is 5.99. The Balaban J connectivity index is 1.67. The summed E-state index contributed by atoms with van der Waals surface area (Å²) in [7, 11) is 0. The number of aliphatic hydroxyl groups is 1. The van der Waals surface area contributed by atoms with Gasteiger partial charge in [-0.25, -0.2) is 0 Å². The average Bonchev–Trinajstić information content (AvgIpc) is 3.19. The van der Waals surface area contributed by atoms with Crippen LogP contribution < -0.4 is 10.1 Å². The molecule has 4 atom stereocenters. The summed E-state index contributed by atoms with van der Waals surface area (Å²) < 4.78 is 5.46. The lowest BCUT2D eigenvalue weighted by Gasteiger charge is -2.38. The highest BCUT2D eigenvalue weighted by atomic mass is 16.5. The number of rotatable bonds is 7. The van der Waals surface area contributed by atoms with Crippen LogP contribution in [0.4, 0.5) is 0 Å². The molecule has 4 rings (SSSR count). The van der Waals surface area contributed by atoms with E-state index in [2.05, 4.69) is 5.32 Å². The molecule has 0 aliphatic carbocycles. The van der Waals surface area contributed by atoms with E-state index in [1.165, 1.54) is 4.90 Å². The van der Waals surface area contributed by atoms with Crippen molar-refractivity contribution in [2.75, 3.05) is 13.2 Å². The number of benzene rings is 2. The van der Waals surface area contributed by atoms with E-state index in [9.17, 15) is 19.5 Å². The van der Waals surface area contributed by atoms with Crippen LogP contribution in [0.25, 0.3) is 0 Å². The van der Waals surface area contributed by atoms with Gasteiger partial charge in [-0.05, 0) is 29.7 Å². The number of nitrogens with one attached hydrogen (secondary N) is 1. The first-order valence-electron chi connectivity index (χ1n) is 10.2. The Kier molecular flexibility index (Phi) is 5.90. The largest absolute Gasteiger partial charge is 0.491 e. The number of hydrogen-bond donors (Lipinski definition) is 3. The number of amides is 2. The Morgan fingerprint density at radius 3 is 2.61 bits per heavy atom. The number of piperazine rings is 1. The van der Waals surface area contributed by atoms with E-state index < -0.39 is 30.0 Å². The van der Waals surface area contributed by atoms with Gasteiger partial charge in [-0.15, -0.1) is 0 Å². The minimum atomic E-state index is -1.05. The van der Waals surface area contributed by atoms with Gasteiger partial charge in [-0.1, -0.05) is 42.5 Å². The number of ether oxygens (including phenoxy) is 1. The maximum absolute atomic E-state index is 13.4. The van der Waals surface area contributed by atoms with E-state index in [0.717, 1.165) is 5.56 Å². The number of carboxylic acid groups (broad SMARTS) is 1. The lowest BCUT2D eigenvalue weighted by Crippen LogP contribution is -2.62. The summed E-state index contributed by atoms with van der Waals surface area (Å²) in [5, 5.41) is 21.6. The first-order valence-corrected chi connectivity index (χ1v) is 10.2. The molecule has 31 heavy (non-hydrogen) atoms. The smallest absolute Gasteiger partial charge is 0.309 e. The third-order valence-corrected chi connectivity index (χ3v) is 5.82. The number of carbonyl (C=O) groups is 3. The van der Waals surface area contributed by atoms with Crippen LogP contribution in [0.1, 0.15) is 23.6 Å². The van der Waals surface area contributed by atoms with E-state index in [1.807, 2.05) is 30.3 Å². The molecule has 2 aromatic rings. The molecule has 2 aliphatic heterocycles. The number of nitrogens with zero attached hydrogens (tertiary/aromatic N) is 1. The number of fused-ring (bicyclic) bond motifs is 1. The molecule has 162 valence electrons. The number of aliphatic hydroxyl groups excluding tert-OH is 1. The molecule has 2 heterocycles. The van der Waals surface area contributed by atoms with Gasteiger partial charge >= 0.3 is 5.97 Å². The fourth-order valence-corrected chi connectivity index (χ4v) is 4.47. The van der Waals surface area contributed by atoms with Gasteiger partial charge in [0.25, 0.3) is 0 Å². The molecule has 2 aromatic carbocycles. The number of carboxylic acids is 1. The molecule has 0 unspecified atom stereocenters. The summed E-state index contributed by atoms with van der Waals surface area (Å²) in [6, 6.07) is 13.8. The van der Waals surface area contributed by atoms with Crippen molar-refractivity contribution in [2.45, 2.75) is 31.0 Å². The quantitative estimate of drug-likeness (QED) is 0.614. The van der Waals surface area contributed by atoms with Gasteiger partial charge in [0, 0.05) is 6.42 Å². The number of hydrogen-bond acceptors (Lipinski definition) is 5. The van der Waals surface area contributed by atoms with Crippen molar-refractivity contribution in [3.05, 3.63) is 65.7 Å². The standard InChI is InChI=1S/C23H24N2O6/c26-9-10-31-16-8-4-7-15(12-16)20-17(23(29)30)13-19-21(27)24-18(22(28)25(19)20)11-14-5-2-1-3-6-14/h1-8,12,17-20,26H,9-11,13H2,(H,24,27)(H,29,30)/t17-,18+,19-,20-/m1/s1. The molecule has 0 spiro atoms. The first kappa shape index (κ1) is 20.9. The van der Waals surface area contributed by atoms with Crippen LogP contribution in [0.3, 0.4) is 0 Å². The van der Waals surface area contributed by atoms with Crippen LogP contribution in [-0.2, 0) is 20.8 Å². The Morgan fingerprint density at radius 2 is 1.90 bits per heavy atom. The van der Waals surface area contributed by atoms with E-state index in [-0.39, 0.29) is 31.4 Å². The van der Waals surface area contributed by atoms with Gasteiger partial charge in [0.1, 0.15) is 24.4 Å². The average molecular weight is 424 g/mol. The van der Waals surface area contributed by atoms with E-state index in [4.69, 9.17) is 9.84 Å². The van der Waals surface area contributed by atoms with Crippen LogP contribution in [0.2, 0.25) is 0 Å². The second-order valence-corrected chi connectivity index (χ2v) is 7.78. The van der Waals surface area contributed by atoms with Gasteiger partial charge in [-0.3, -0.25) is 14.4 Å². The molecular formula is C23H24N2O6. The highest BCUT2D eigenvalue weighted by Gasteiger charge is 2.54. The monoisotopic (exact) mass is 424 g/mol. The third kappa shape index (κ3) is 4.11. The number of aliphatic carboxylic acids is 1. The molecule has 8 heteroatoms. The van der Waals surface area contributed by atoms with E-state index >= 15 is 0 Å². The highest BCUT2D eigenvalue weighted by Crippen LogP contribution is 2.44. The van der Waals surface area contributed by atoms with Gasteiger partial charge < -0.3 is 25.2 Å². The zero-order valence-electron chi connectivity index (χ0n) is 16.8. The lowest BCUT2D eigenvalue weighted by molar-refractivity contribution is -0.150. The second kappa shape index (κ2) is 8.77. The summed E-state index contributed by atoms with van der Waals surface area (Å²) in [5.41, 5.74) is 1.50. The van der Waals surface area contributed by atoms with Crippen LogP contribution in [-0.4, -0.2) is 58.2 Å². The Hall–Kier alpha value is -3.39. The van der Waals surface area contributed by atoms with E-state index in [1.54, 1.807) is 24.3 Å². The molecule has 2 saturated heterocycles. The minimum absolute atomic E-state index is 0.0529. The minimum Gasteiger partial charge on any atom is -0.491 e. The Morgan fingerprint density at radius 1 is 1.13 bits per heavy atom.